The van der Waals surface area contributed by atoms with Crippen LogP contribution < -0.4 is 5.32 Å². The Morgan fingerprint density at radius 1 is 1.50 bits per heavy atom. The summed E-state index contributed by atoms with van der Waals surface area (Å²) in [6, 6.07) is 7.06. The van der Waals surface area contributed by atoms with Crippen LogP contribution in [0.3, 0.4) is 0 Å². The van der Waals surface area contributed by atoms with E-state index >= 15 is 0 Å². The molecule has 0 saturated carbocycles. The molecule has 1 fully saturated rings. The number of carboxylic acid groups (broad SMARTS) is 1. The average molecular weight is 406 g/mol. The van der Waals surface area contributed by atoms with Crippen molar-refractivity contribution in [2.75, 3.05) is 23.4 Å². The molecule has 0 radical (unpaired) electrons. The van der Waals surface area contributed by atoms with E-state index in [-0.39, 0.29) is 18.5 Å². The molecule has 0 aromatic heterocycles. The van der Waals surface area contributed by atoms with E-state index < -0.39 is 5.97 Å². The lowest BCUT2D eigenvalue weighted by Crippen LogP contribution is -2.48. The molecule has 0 bridgehead atoms. The lowest BCUT2D eigenvalue weighted by molar-refractivity contribution is -0.137. The number of anilines is 1. The van der Waals surface area contributed by atoms with Crippen molar-refractivity contribution < 1.29 is 14.7 Å². The van der Waals surface area contributed by atoms with Crippen LogP contribution in [-0.4, -0.2) is 46.1 Å². The van der Waals surface area contributed by atoms with Gasteiger partial charge in [0.1, 0.15) is 0 Å². The van der Waals surface area contributed by atoms with Crippen molar-refractivity contribution in [3.8, 4) is 0 Å². The first-order chi connectivity index (χ1) is 9.56. The second-order valence-electron chi connectivity index (χ2n) is 4.46. The van der Waals surface area contributed by atoms with Gasteiger partial charge in [0.25, 0.3) is 0 Å². The monoisotopic (exact) mass is 406 g/mol. The van der Waals surface area contributed by atoms with Crippen LogP contribution in [-0.2, 0) is 4.79 Å². The minimum atomic E-state index is -0.871. The van der Waals surface area contributed by atoms with E-state index in [4.69, 9.17) is 5.11 Å². The van der Waals surface area contributed by atoms with Crippen LogP contribution in [0.15, 0.2) is 24.3 Å². The van der Waals surface area contributed by atoms with E-state index in [0.717, 1.165) is 15.0 Å². The zero-order valence-electron chi connectivity index (χ0n) is 10.7. The van der Waals surface area contributed by atoms with Crippen LogP contribution in [0.1, 0.15) is 6.42 Å². The lowest BCUT2D eigenvalue weighted by Gasteiger charge is -2.34. The highest BCUT2D eigenvalue weighted by Gasteiger charge is 2.28. The van der Waals surface area contributed by atoms with Gasteiger partial charge in [-0.1, -0.05) is 6.07 Å². The van der Waals surface area contributed by atoms with E-state index in [1.54, 1.807) is 16.7 Å². The van der Waals surface area contributed by atoms with Crippen molar-refractivity contribution in [2.45, 2.75) is 12.5 Å². The molecule has 2 N–H and O–H groups in total. The van der Waals surface area contributed by atoms with E-state index in [1.807, 2.05) is 24.3 Å². The second-order valence-corrected chi connectivity index (χ2v) is 6.86. The number of carbonyl (C=O) groups excluding carboxylic acids is 1. The van der Waals surface area contributed by atoms with Gasteiger partial charge in [-0.2, -0.15) is 11.8 Å². The summed E-state index contributed by atoms with van der Waals surface area (Å²) in [5, 5.41) is 11.8. The SMILES string of the molecule is O=C(O)CC1CSCCN1C(=O)Nc1cccc(I)c1. The molecule has 2 rings (SSSR count). The van der Waals surface area contributed by atoms with Crippen LogP contribution in [0.25, 0.3) is 0 Å². The van der Waals surface area contributed by atoms with Crippen LogP contribution in [0.5, 0.6) is 0 Å². The van der Waals surface area contributed by atoms with E-state index in [1.165, 1.54) is 0 Å². The Balaban J connectivity index is 2.04. The average Bonchev–Trinajstić information content (AvgIpc) is 2.38. The van der Waals surface area contributed by atoms with Gasteiger partial charge in [0.05, 0.1) is 12.5 Å². The maximum atomic E-state index is 12.3. The molecule has 0 aliphatic carbocycles. The van der Waals surface area contributed by atoms with Gasteiger partial charge in [-0.3, -0.25) is 4.79 Å². The predicted molar refractivity (Wildman–Crippen MR) is 88.2 cm³/mol. The minimum absolute atomic E-state index is 0.00720. The number of rotatable bonds is 3. The molecular formula is C13H15IN2O3S. The first kappa shape index (κ1) is 15.4. The highest BCUT2D eigenvalue weighted by atomic mass is 127. The van der Waals surface area contributed by atoms with E-state index in [2.05, 4.69) is 27.9 Å². The number of nitrogens with one attached hydrogen (secondary N) is 1. The van der Waals surface area contributed by atoms with Crippen molar-refractivity contribution in [1.29, 1.82) is 0 Å². The fourth-order valence-corrected chi connectivity index (χ4v) is 3.66. The molecule has 108 valence electrons. The Hall–Kier alpha value is -0.960. The third-order valence-corrected chi connectivity index (χ3v) is 4.74. The molecule has 1 heterocycles. The number of thioether (sulfide) groups is 1. The van der Waals surface area contributed by atoms with Crippen molar-refractivity contribution >= 4 is 52.0 Å². The highest BCUT2D eigenvalue weighted by molar-refractivity contribution is 14.1. The normalized spacial score (nSPS) is 18.6. The number of benzene rings is 1. The Labute approximate surface area is 135 Å². The number of urea groups is 1. The second kappa shape index (κ2) is 7.16. The molecular weight excluding hydrogens is 391 g/mol. The van der Waals surface area contributed by atoms with Crippen molar-refractivity contribution in [3.63, 3.8) is 0 Å². The zero-order chi connectivity index (χ0) is 14.5. The Morgan fingerprint density at radius 3 is 3.00 bits per heavy atom. The summed E-state index contributed by atoms with van der Waals surface area (Å²) in [5.74, 6) is 0.645. The van der Waals surface area contributed by atoms with Gasteiger partial charge in [-0.25, -0.2) is 4.79 Å². The molecule has 1 atom stereocenters. The molecule has 20 heavy (non-hydrogen) atoms. The lowest BCUT2D eigenvalue weighted by atomic mass is 10.2. The highest BCUT2D eigenvalue weighted by Crippen LogP contribution is 2.21. The number of aliphatic carboxylic acids is 1. The molecule has 1 aliphatic rings. The number of amides is 2. The van der Waals surface area contributed by atoms with Gasteiger partial charge < -0.3 is 15.3 Å². The van der Waals surface area contributed by atoms with E-state index in [9.17, 15) is 9.59 Å². The Bertz CT molecular complexity index is 512. The first-order valence-corrected chi connectivity index (χ1v) is 8.42. The molecule has 0 spiro atoms. The Morgan fingerprint density at radius 2 is 2.30 bits per heavy atom. The van der Waals surface area contributed by atoms with Crippen LogP contribution >= 0.6 is 34.4 Å². The van der Waals surface area contributed by atoms with Gasteiger partial charge in [0.15, 0.2) is 0 Å². The summed E-state index contributed by atoms with van der Waals surface area (Å²) in [7, 11) is 0. The number of nitrogens with zero attached hydrogens (tertiary/aromatic N) is 1. The van der Waals surface area contributed by atoms with Gasteiger partial charge in [0, 0.05) is 27.3 Å². The predicted octanol–water partition coefficient (Wildman–Crippen LogP) is 2.72. The summed E-state index contributed by atoms with van der Waals surface area (Å²) >= 11 is 3.87. The molecule has 1 aromatic carbocycles. The number of carbonyl (C=O) groups is 2. The standard InChI is InChI=1S/C13H15IN2O3S/c14-9-2-1-3-10(6-9)15-13(19)16-4-5-20-8-11(16)7-12(17)18/h1-3,6,11H,4-5,7-8H2,(H,15,19)(H,17,18). The van der Waals surface area contributed by atoms with E-state index in [0.29, 0.717) is 12.3 Å². The van der Waals surface area contributed by atoms with Crippen molar-refractivity contribution in [1.82, 2.24) is 4.90 Å². The van der Waals surface area contributed by atoms with Gasteiger partial charge >= 0.3 is 12.0 Å². The van der Waals surface area contributed by atoms with Crippen LogP contribution in [0.2, 0.25) is 0 Å². The van der Waals surface area contributed by atoms with Crippen molar-refractivity contribution in [2.24, 2.45) is 0 Å². The summed E-state index contributed by atoms with van der Waals surface area (Å²) < 4.78 is 1.04. The number of hydrogen-bond donors (Lipinski definition) is 2. The summed E-state index contributed by atoms with van der Waals surface area (Å²) in [6.07, 6.45) is -0.00720. The van der Waals surface area contributed by atoms with Gasteiger partial charge in [-0.15, -0.1) is 0 Å². The molecule has 1 aliphatic heterocycles. The first-order valence-electron chi connectivity index (χ1n) is 6.19. The third-order valence-electron chi connectivity index (χ3n) is 2.97. The fourth-order valence-electron chi connectivity index (χ4n) is 2.05. The van der Waals surface area contributed by atoms with Crippen molar-refractivity contribution in [3.05, 3.63) is 27.8 Å². The van der Waals surface area contributed by atoms with Gasteiger partial charge in [-0.05, 0) is 40.8 Å². The van der Waals surface area contributed by atoms with Gasteiger partial charge in [0.2, 0.25) is 0 Å². The van der Waals surface area contributed by atoms with Crippen LogP contribution in [0, 0.1) is 3.57 Å². The topological polar surface area (TPSA) is 69.6 Å². The number of carboxylic acids is 1. The summed E-state index contributed by atoms with van der Waals surface area (Å²) in [4.78, 5) is 24.8. The summed E-state index contributed by atoms with van der Waals surface area (Å²) in [6.45, 7) is 0.582. The quantitative estimate of drug-likeness (QED) is 0.758. The minimum Gasteiger partial charge on any atom is -0.481 e. The molecule has 2 amide bonds. The van der Waals surface area contributed by atoms with Crippen LogP contribution in [0.4, 0.5) is 10.5 Å². The summed E-state index contributed by atoms with van der Waals surface area (Å²) in [5.41, 5.74) is 0.731. The Kier molecular flexibility index (Phi) is 5.53. The maximum absolute atomic E-state index is 12.3. The number of hydrogen-bond acceptors (Lipinski definition) is 3. The third kappa shape index (κ3) is 4.27. The maximum Gasteiger partial charge on any atom is 0.322 e. The fraction of sp³-hybridized carbons (Fsp3) is 0.385. The molecule has 7 heteroatoms. The largest absolute Gasteiger partial charge is 0.481 e. The molecule has 1 aromatic rings. The molecule has 5 nitrogen and oxygen atoms in total. The zero-order valence-corrected chi connectivity index (χ0v) is 13.7. The molecule has 1 saturated heterocycles. The molecule has 1 unspecified atom stereocenters. The number of halogens is 1. The smallest absolute Gasteiger partial charge is 0.322 e.